The maximum Gasteiger partial charge on any atom is 0.339 e. The van der Waals surface area contributed by atoms with Crippen LogP contribution in [0.5, 0.6) is 5.75 Å². The molecule has 3 nitrogen and oxygen atoms in total. The van der Waals surface area contributed by atoms with Gasteiger partial charge in [0.2, 0.25) is 0 Å². The average molecular weight is 258 g/mol. The predicted octanol–water partition coefficient (Wildman–Crippen LogP) is 3.96. The van der Waals surface area contributed by atoms with E-state index >= 15 is 0 Å². The monoisotopic (exact) mass is 258 g/mol. The van der Waals surface area contributed by atoms with Crippen LogP contribution < -0.4 is 4.74 Å². The Balaban J connectivity index is 2.39. The summed E-state index contributed by atoms with van der Waals surface area (Å²) in [7, 11) is 0. The largest absolute Gasteiger partial charge is 0.492 e. The molecule has 0 fully saturated rings. The Bertz CT molecular complexity index is 590. The van der Waals surface area contributed by atoms with Crippen molar-refractivity contribution >= 4 is 16.7 Å². The van der Waals surface area contributed by atoms with E-state index in [0.29, 0.717) is 18.3 Å². The van der Waals surface area contributed by atoms with E-state index in [1.165, 1.54) is 0 Å². The first kappa shape index (κ1) is 13.4. The van der Waals surface area contributed by atoms with E-state index in [-0.39, 0.29) is 5.56 Å². The highest BCUT2D eigenvalue weighted by Gasteiger charge is 2.13. The summed E-state index contributed by atoms with van der Waals surface area (Å²) in [5.74, 6) is -0.0930. The van der Waals surface area contributed by atoms with Crippen LogP contribution in [-0.4, -0.2) is 17.7 Å². The molecule has 3 heteroatoms. The van der Waals surface area contributed by atoms with Gasteiger partial charge in [0, 0.05) is 0 Å². The van der Waals surface area contributed by atoms with Crippen molar-refractivity contribution in [2.75, 3.05) is 6.61 Å². The molecule has 1 unspecified atom stereocenters. The molecule has 0 radical (unpaired) electrons. The number of carboxylic acids is 1. The summed E-state index contributed by atoms with van der Waals surface area (Å²) >= 11 is 0. The maximum absolute atomic E-state index is 11.3. The lowest BCUT2D eigenvalue weighted by Crippen LogP contribution is -2.10. The SMILES string of the molecule is CCC(C)COc1cc2ccccc2cc1C(=O)O. The van der Waals surface area contributed by atoms with E-state index < -0.39 is 5.97 Å². The number of carbonyl (C=O) groups is 1. The lowest BCUT2D eigenvalue weighted by atomic mass is 10.1. The predicted molar refractivity (Wildman–Crippen MR) is 75.9 cm³/mol. The first-order chi connectivity index (χ1) is 9.11. The van der Waals surface area contributed by atoms with Crippen LogP contribution in [0.1, 0.15) is 30.6 Å². The highest BCUT2D eigenvalue weighted by atomic mass is 16.5. The summed E-state index contributed by atoms with van der Waals surface area (Å²) in [6.07, 6.45) is 1.01. The van der Waals surface area contributed by atoms with Crippen LogP contribution >= 0.6 is 0 Å². The molecule has 2 aromatic carbocycles. The van der Waals surface area contributed by atoms with Crippen molar-refractivity contribution in [2.24, 2.45) is 5.92 Å². The Morgan fingerprint density at radius 2 is 1.89 bits per heavy atom. The number of rotatable bonds is 5. The second-order valence-corrected chi connectivity index (χ2v) is 4.83. The number of carboxylic acid groups (broad SMARTS) is 1. The van der Waals surface area contributed by atoms with Crippen LogP contribution in [0.2, 0.25) is 0 Å². The molecule has 1 atom stereocenters. The third kappa shape index (κ3) is 3.05. The summed E-state index contributed by atoms with van der Waals surface area (Å²) < 4.78 is 5.68. The van der Waals surface area contributed by atoms with Crippen molar-refractivity contribution in [1.82, 2.24) is 0 Å². The van der Waals surface area contributed by atoms with Crippen molar-refractivity contribution in [3.05, 3.63) is 42.0 Å². The van der Waals surface area contributed by atoms with E-state index in [9.17, 15) is 9.90 Å². The fourth-order valence-corrected chi connectivity index (χ4v) is 1.86. The molecular weight excluding hydrogens is 240 g/mol. The molecule has 1 N–H and O–H groups in total. The zero-order valence-electron chi connectivity index (χ0n) is 11.2. The molecule has 100 valence electrons. The maximum atomic E-state index is 11.3. The molecule has 0 saturated heterocycles. The lowest BCUT2D eigenvalue weighted by Gasteiger charge is -2.13. The van der Waals surface area contributed by atoms with E-state index in [1.807, 2.05) is 24.3 Å². The first-order valence-electron chi connectivity index (χ1n) is 6.50. The molecule has 0 heterocycles. The number of aromatic carboxylic acids is 1. The van der Waals surface area contributed by atoms with Crippen molar-refractivity contribution in [2.45, 2.75) is 20.3 Å². The Morgan fingerprint density at radius 1 is 1.26 bits per heavy atom. The second-order valence-electron chi connectivity index (χ2n) is 4.83. The van der Waals surface area contributed by atoms with E-state index in [0.717, 1.165) is 17.2 Å². The lowest BCUT2D eigenvalue weighted by molar-refractivity contribution is 0.0691. The third-order valence-corrected chi connectivity index (χ3v) is 3.30. The Morgan fingerprint density at radius 3 is 2.47 bits per heavy atom. The summed E-state index contributed by atoms with van der Waals surface area (Å²) in [6, 6.07) is 11.2. The normalized spacial score (nSPS) is 12.3. The van der Waals surface area contributed by atoms with Gasteiger partial charge in [-0.15, -0.1) is 0 Å². The number of hydrogen-bond acceptors (Lipinski definition) is 2. The molecule has 0 aliphatic rings. The number of hydrogen-bond donors (Lipinski definition) is 1. The van der Waals surface area contributed by atoms with E-state index in [4.69, 9.17) is 4.74 Å². The first-order valence-corrected chi connectivity index (χ1v) is 6.50. The van der Waals surface area contributed by atoms with Gasteiger partial charge in [-0.25, -0.2) is 4.79 Å². The summed E-state index contributed by atoms with van der Waals surface area (Å²) in [5, 5.41) is 11.2. The highest BCUT2D eigenvalue weighted by Crippen LogP contribution is 2.26. The standard InChI is InChI=1S/C16H18O3/c1-3-11(2)10-19-15-9-13-7-5-4-6-12(13)8-14(15)16(17)18/h4-9,11H,3,10H2,1-2H3,(H,17,18). The second kappa shape index (κ2) is 5.74. The molecule has 0 aromatic heterocycles. The van der Waals surface area contributed by atoms with Gasteiger partial charge in [-0.05, 0) is 28.8 Å². The summed E-state index contributed by atoms with van der Waals surface area (Å²) in [6.45, 7) is 4.71. The van der Waals surface area contributed by atoms with Gasteiger partial charge in [-0.1, -0.05) is 44.5 Å². The van der Waals surface area contributed by atoms with Gasteiger partial charge in [0.1, 0.15) is 11.3 Å². The molecule has 19 heavy (non-hydrogen) atoms. The minimum atomic E-state index is -0.954. The molecule has 0 spiro atoms. The number of benzene rings is 2. The van der Waals surface area contributed by atoms with Gasteiger partial charge < -0.3 is 9.84 Å². The van der Waals surface area contributed by atoms with Crippen molar-refractivity contribution in [1.29, 1.82) is 0 Å². The van der Waals surface area contributed by atoms with Crippen LogP contribution in [0.25, 0.3) is 10.8 Å². The van der Waals surface area contributed by atoms with Crippen LogP contribution in [0.3, 0.4) is 0 Å². The van der Waals surface area contributed by atoms with Gasteiger partial charge in [0.05, 0.1) is 6.61 Å². The molecule has 2 rings (SSSR count). The van der Waals surface area contributed by atoms with Crippen molar-refractivity contribution in [3.8, 4) is 5.75 Å². The van der Waals surface area contributed by atoms with Gasteiger partial charge in [0.15, 0.2) is 0 Å². The number of ether oxygens (including phenoxy) is 1. The molecule has 0 aliphatic carbocycles. The zero-order valence-corrected chi connectivity index (χ0v) is 11.2. The zero-order chi connectivity index (χ0) is 13.8. The number of fused-ring (bicyclic) bond motifs is 1. The molecule has 0 aliphatic heterocycles. The topological polar surface area (TPSA) is 46.5 Å². The smallest absolute Gasteiger partial charge is 0.339 e. The van der Waals surface area contributed by atoms with Crippen molar-refractivity contribution < 1.29 is 14.6 Å². The Labute approximate surface area is 112 Å². The molecule has 0 saturated carbocycles. The summed E-state index contributed by atoms with van der Waals surface area (Å²) in [4.78, 5) is 11.3. The molecule has 0 amide bonds. The summed E-state index contributed by atoms with van der Waals surface area (Å²) in [5.41, 5.74) is 0.224. The highest BCUT2D eigenvalue weighted by molar-refractivity contribution is 5.97. The van der Waals surface area contributed by atoms with Crippen molar-refractivity contribution in [3.63, 3.8) is 0 Å². The molecule has 2 aromatic rings. The fourth-order valence-electron chi connectivity index (χ4n) is 1.86. The van der Waals surface area contributed by atoms with Crippen LogP contribution in [-0.2, 0) is 0 Å². The van der Waals surface area contributed by atoms with Gasteiger partial charge >= 0.3 is 5.97 Å². The third-order valence-electron chi connectivity index (χ3n) is 3.30. The van der Waals surface area contributed by atoms with Gasteiger partial charge in [-0.3, -0.25) is 0 Å². The molecule has 0 bridgehead atoms. The minimum Gasteiger partial charge on any atom is -0.492 e. The van der Waals surface area contributed by atoms with Crippen LogP contribution in [0, 0.1) is 5.92 Å². The van der Waals surface area contributed by atoms with Crippen LogP contribution in [0.15, 0.2) is 36.4 Å². The Kier molecular flexibility index (Phi) is 4.05. The van der Waals surface area contributed by atoms with Gasteiger partial charge in [0.25, 0.3) is 0 Å². The fraction of sp³-hybridized carbons (Fsp3) is 0.312. The minimum absolute atomic E-state index is 0.224. The molecular formula is C16H18O3. The quantitative estimate of drug-likeness (QED) is 0.882. The van der Waals surface area contributed by atoms with Gasteiger partial charge in [-0.2, -0.15) is 0 Å². The van der Waals surface area contributed by atoms with Crippen LogP contribution in [0.4, 0.5) is 0 Å². The van der Waals surface area contributed by atoms with E-state index in [1.54, 1.807) is 12.1 Å². The average Bonchev–Trinajstić information content (AvgIpc) is 2.43. The van der Waals surface area contributed by atoms with E-state index in [2.05, 4.69) is 13.8 Å². The Hall–Kier alpha value is -2.03.